The molecule has 16 heavy (non-hydrogen) atoms. The van der Waals surface area contributed by atoms with Crippen LogP contribution in [0.5, 0.6) is 0 Å². The van der Waals surface area contributed by atoms with Crippen molar-refractivity contribution in [2.75, 3.05) is 0 Å². The van der Waals surface area contributed by atoms with Crippen molar-refractivity contribution in [3.05, 3.63) is 33.8 Å². The smallest absolute Gasteiger partial charge is 0.257 e. The molecule has 1 aromatic rings. The highest BCUT2D eigenvalue weighted by Crippen LogP contribution is 2.19. The van der Waals surface area contributed by atoms with Gasteiger partial charge in [0.15, 0.2) is 0 Å². The van der Waals surface area contributed by atoms with Gasteiger partial charge in [-0.15, -0.1) is 0 Å². The Hall–Kier alpha value is -0.970. The molecular formula is C11H12BrF2NO. The minimum Gasteiger partial charge on any atom is -0.347 e. The number of hydrogen-bond donors (Lipinski definition) is 1. The second-order valence-electron chi connectivity index (χ2n) is 4.45. The van der Waals surface area contributed by atoms with Crippen molar-refractivity contribution < 1.29 is 13.6 Å². The van der Waals surface area contributed by atoms with E-state index in [2.05, 4.69) is 21.2 Å². The van der Waals surface area contributed by atoms with Crippen LogP contribution in [0.4, 0.5) is 8.78 Å². The zero-order chi connectivity index (χ0) is 12.5. The van der Waals surface area contributed by atoms with E-state index in [4.69, 9.17) is 0 Å². The molecule has 0 aromatic heterocycles. The molecule has 1 amide bonds. The predicted molar refractivity (Wildman–Crippen MR) is 61.3 cm³/mol. The first-order valence-corrected chi connectivity index (χ1v) is 5.47. The summed E-state index contributed by atoms with van der Waals surface area (Å²) in [7, 11) is 0. The maximum atomic E-state index is 13.4. The standard InChI is InChI=1S/C11H12BrF2NO/c1-11(2,3)15-10(16)9-7(13)4-6(12)5-8(9)14/h4-5H,1-3H3,(H,15,16). The Bertz CT molecular complexity index is 403. The Morgan fingerprint density at radius 1 is 1.25 bits per heavy atom. The number of hydrogen-bond acceptors (Lipinski definition) is 1. The van der Waals surface area contributed by atoms with Crippen molar-refractivity contribution in [2.45, 2.75) is 26.3 Å². The zero-order valence-corrected chi connectivity index (χ0v) is 10.8. The Morgan fingerprint density at radius 2 is 1.69 bits per heavy atom. The number of amides is 1. The number of halogens is 3. The van der Waals surface area contributed by atoms with Crippen molar-refractivity contribution in [3.63, 3.8) is 0 Å². The first kappa shape index (κ1) is 13.1. The van der Waals surface area contributed by atoms with Crippen molar-refractivity contribution in [1.82, 2.24) is 5.32 Å². The van der Waals surface area contributed by atoms with Gasteiger partial charge in [-0.05, 0) is 32.9 Å². The largest absolute Gasteiger partial charge is 0.347 e. The van der Waals surface area contributed by atoms with Crippen LogP contribution in [0.1, 0.15) is 31.1 Å². The molecule has 0 aliphatic rings. The molecule has 1 N–H and O–H groups in total. The summed E-state index contributed by atoms with van der Waals surface area (Å²) in [4.78, 5) is 11.6. The average Bonchev–Trinajstić information content (AvgIpc) is 1.96. The molecule has 5 heteroatoms. The van der Waals surface area contributed by atoms with Crippen molar-refractivity contribution in [2.24, 2.45) is 0 Å². The molecule has 0 saturated heterocycles. The first-order valence-electron chi connectivity index (χ1n) is 4.68. The number of benzene rings is 1. The van der Waals surface area contributed by atoms with Crippen molar-refractivity contribution >= 4 is 21.8 Å². The van der Waals surface area contributed by atoms with Gasteiger partial charge in [0.1, 0.15) is 17.2 Å². The van der Waals surface area contributed by atoms with Crippen LogP contribution in [0, 0.1) is 11.6 Å². The van der Waals surface area contributed by atoms with E-state index < -0.39 is 28.6 Å². The summed E-state index contributed by atoms with van der Waals surface area (Å²) >= 11 is 2.95. The molecule has 0 spiro atoms. The highest BCUT2D eigenvalue weighted by atomic mass is 79.9. The van der Waals surface area contributed by atoms with Gasteiger partial charge in [-0.3, -0.25) is 4.79 Å². The molecule has 0 unspecified atom stereocenters. The first-order chi connectivity index (χ1) is 7.20. The van der Waals surface area contributed by atoms with Gasteiger partial charge in [-0.25, -0.2) is 8.78 Å². The fourth-order valence-electron chi connectivity index (χ4n) is 1.16. The number of carbonyl (C=O) groups excluding carboxylic acids is 1. The second kappa shape index (κ2) is 4.49. The summed E-state index contributed by atoms with van der Waals surface area (Å²) in [6.45, 7) is 5.21. The predicted octanol–water partition coefficient (Wildman–Crippen LogP) is 3.26. The Labute approximate surface area is 101 Å². The summed E-state index contributed by atoms with van der Waals surface area (Å²) in [5.74, 6) is -2.52. The monoisotopic (exact) mass is 291 g/mol. The average molecular weight is 292 g/mol. The Kier molecular flexibility index (Phi) is 3.68. The van der Waals surface area contributed by atoms with Gasteiger partial charge in [-0.2, -0.15) is 0 Å². The van der Waals surface area contributed by atoms with Crippen molar-refractivity contribution in [3.8, 4) is 0 Å². The van der Waals surface area contributed by atoms with Gasteiger partial charge in [0.25, 0.3) is 5.91 Å². The lowest BCUT2D eigenvalue weighted by molar-refractivity contribution is 0.0911. The Morgan fingerprint density at radius 3 is 2.06 bits per heavy atom. The van der Waals surface area contributed by atoms with E-state index in [1.165, 1.54) is 0 Å². The van der Waals surface area contributed by atoms with Crippen LogP contribution in [0.15, 0.2) is 16.6 Å². The lowest BCUT2D eigenvalue weighted by atomic mass is 10.1. The topological polar surface area (TPSA) is 29.1 Å². The zero-order valence-electron chi connectivity index (χ0n) is 9.20. The van der Waals surface area contributed by atoms with Crippen LogP contribution in [0.2, 0.25) is 0 Å². The van der Waals surface area contributed by atoms with Gasteiger partial charge in [-0.1, -0.05) is 15.9 Å². The lowest BCUT2D eigenvalue weighted by Gasteiger charge is -2.20. The van der Waals surface area contributed by atoms with Gasteiger partial charge in [0, 0.05) is 10.0 Å². The van der Waals surface area contributed by atoms with E-state index in [-0.39, 0.29) is 4.47 Å². The highest BCUT2D eigenvalue weighted by molar-refractivity contribution is 9.10. The van der Waals surface area contributed by atoms with E-state index >= 15 is 0 Å². The van der Waals surface area contributed by atoms with Crippen LogP contribution in [-0.4, -0.2) is 11.4 Å². The number of rotatable bonds is 1. The van der Waals surface area contributed by atoms with Crippen LogP contribution in [0.25, 0.3) is 0 Å². The quantitative estimate of drug-likeness (QED) is 0.845. The van der Waals surface area contributed by atoms with Gasteiger partial charge in [0.2, 0.25) is 0 Å². The van der Waals surface area contributed by atoms with Gasteiger partial charge in [0.05, 0.1) is 0 Å². The molecule has 0 atom stereocenters. The van der Waals surface area contributed by atoms with Crippen LogP contribution in [-0.2, 0) is 0 Å². The summed E-state index contributed by atoms with van der Waals surface area (Å²) < 4.78 is 27.1. The van der Waals surface area contributed by atoms with Crippen molar-refractivity contribution in [1.29, 1.82) is 0 Å². The number of carbonyl (C=O) groups is 1. The highest BCUT2D eigenvalue weighted by Gasteiger charge is 2.22. The van der Waals surface area contributed by atoms with E-state index in [9.17, 15) is 13.6 Å². The SMILES string of the molecule is CC(C)(C)NC(=O)c1c(F)cc(Br)cc1F. The van der Waals surface area contributed by atoms with E-state index in [0.29, 0.717) is 0 Å². The maximum Gasteiger partial charge on any atom is 0.257 e. The molecule has 0 saturated carbocycles. The third-order valence-corrected chi connectivity index (χ3v) is 2.18. The van der Waals surface area contributed by atoms with E-state index in [1.54, 1.807) is 20.8 Å². The fourth-order valence-corrected chi connectivity index (χ4v) is 1.56. The molecule has 0 radical (unpaired) electrons. The van der Waals surface area contributed by atoms with Crippen LogP contribution >= 0.6 is 15.9 Å². The van der Waals surface area contributed by atoms with E-state index in [0.717, 1.165) is 12.1 Å². The minimum absolute atomic E-state index is 0.259. The third kappa shape index (κ3) is 3.27. The summed E-state index contributed by atoms with van der Waals surface area (Å²) in [5, 5.41) is 2.50. The van der Waals surface area contributed by atoms with Gasteiger partial charge >= 0.3 is 0 Å². The normalized spacial score (nSPS) is 11.4. The molecular weight excluding hydrogens is 280 g/mol. The maximum absolute atomic E-state index is 13.4. The summed E-state index contributed by atoms with van der Waals surface area (Å²) in [6.07, 6.45) is 0. The molecule has 1 aromatic carbocycles. The molecule has 1 rings (SSSR count). The molecule has 0 heterocycles. The van der Waals surface area contributed by atoms with Gasteiger partial charge < -0.3 is 5.32 Å². The lowest BCUT2D eigenvalue weighted by Crippen LogP contribution is -2.41. The minimum atomic E-state index is -0.881. The third-order valence-electron chi connectivity index (χ3n) is 1.72. The summed E-state index contributed by atoms with van der Waals surface area (Å²) in [5.41, 5.74) is -1.10. The second-order valence-corrected chi connectivity index (χ2v) is 5.36. The summed E-state index contributed by atoms with van der Waals surface area (Å²) in [6, 6.07) is 2.11. The molecule has 0 aliphatic carbocycles. The molecule has 88 valence electrons. The molecule has 0 aliphatic heterocycles. The van der Waals surface area contributed by atoms with E-state index in [1.807, 2.05) is 0 Å². The van der Waals surface area contributed by atoms with Crippen LogP contribution < -0.4 is 5.32 Å². The fraction of sp³-hybridized carbons (Fsp3) is 0.364. The Balaban J connectivity index is 3.10. The molecule has 0 fully saturated rings. The molecule has 0 bridgehead atoms. The molecule has 2 nitrogen and oxygen atoms in total. The number of nitrogens with one attached hydrogen (secondary N) is 1. The van der Waals surface area contributed by atoms with Crippen LogP contribution in [0.3, 0.4) is 0 Å².